The predicted molar refractivity (Wildman–Crippen MR) is 82.7 cm³/mol. The van der Waals surface area contributed by atoms with Crippen LogP contribution < -0.4 is 5.32 Å². The first-order valence-corrected chi connectivity index (χ1v) is 7.60. The van der Waals surface area contributed by atoms with Crippen LogP contribution in [0.1, 0.15) is 48.7 Å². The molecular formula is C17H23N3. The lowest BCUT2D eigenvalue weighted by Gasteiger charge is -2.12. The third-order valence-electron chi connectivity index (χ3n) is 4.17. The number of rotatable bonds is 2. The standard InChI is InChI=1S/C17H23N3/c1-12-7-8-13(2)14(10-12)16-11-19-17(20-16)15-6-4-3-5-9-18-15/h7-8,10-11,15,18H,3-6,9H2,1-2H3,(H,19,20). The van der Waals surface area contributed by atoms with Gasteiger partial charge in [-0.15, -0.1) is 0 Å². The van der Waals surface area contributed by atoms with Crippen LogP contribution in [-0.2, 0) is 0 Å². The Morgan fingerprint density at radius 1 is 1.15 bits per heavy atom. The highest BCUT2D eigenvalue weighted by Gasteiger charge is 2.17. The molecule has 2 aromatic rings. The first-order valence-electron chi connectivity index (χ1n) is 7.60. The van der Waals surface area contributed by atoms with Crippen LogP contribution in [-0.4, -0.2) is 16.5 Å². The lowest BCUT2D eigenvalue weighted by atomic mass is 10.0. The first kappa shape index (κ1) is 13.4. The Labute approximate surface area is 120 Å². The Morgan fingerprint density at radius 3 is 2.95 bits per heavy atom. The molecular weight excluding hydrogens is 246 g/mol. The van der Waals surface area contributed by atoms with Crippen molar-refractivity contribution < 1.29 is 0 Å². The average molecular weight is 269 g/mol. The van der Waals surface area contributed by atoms with E-state index in [1.807, 2.05) is 6.20 Å². The molecule has 1 aliphatic heterocycles. The highest BCUT2D eigenvalue weighted by Crippen LogP contribution is 2.26. The maximum atomic E-state index is 4.61. The summed E-state index contributed by atoms with van der Waals surface area (Å²) in [5.74, 6) is 1.09. The molecule has 1 unspecified atom stereocenters. The molecule has 106 valence electrons. The van der Waals surface area contributed by atoms with E-state index in [2.05, 4.69) is 47.3 Å². The minimum Gasteiger partial charge on any atom is -0.341 e. The van der Waals surface area contributed by atoms with Crippen molar-refractivity contribution in [1.29, 1.82) is 0 Å². The van der Waals surface area contributed by atoms with Crippen molar-refractivity contribution in [3.63, 3.8) is 0 Å². The molecule has 1 aromatic carbocycles. The Kier molecular flexibility index (Phi) is 3.88. The molecule has 1 fully saturated rings. The first-order chi connectivity index (χ1) is 9.74. The third-order valence-corrected chi connectivity index (χ3v) is 4.17. The smallest absolute Gasteiger partial charge is 0.123 e. The summed E-state index contributed by atoms with van der Waals surface area (Å²) in [6.07, 6.45) is 7.05. The summed E-state index contributed by atoms with van der Waals surface area (Å²) in [6, 6.07) is 6.95. The van der Waals surface area contributed by atoms with Crippen molar-refractivity contribution in [2.75, 3.05) is 6.54 Å². The van der Waals surface area contributed by atoms with Crippen LogP contribution in [0.2, 0.25) is 0 Å². The zero-order chi connectivity index (χ0) is 13.9. The van der Waals surface area contributed by atoms with E-state index in [4.69, 9.17) is 0 Å². The van der Waals surface area contributed by atoms with Crippen molar-refractivity contribution in [3.8, 4) is 11.3 Å². The molecule has 1 aliphatic rings. The quantitative estimate of drug-likeness (QED) is 0.868. The van der Waals surface area contributed by atoms with E-state index in [0.29, 0.717) is 6.04 Å². The summed E-state index contributed by atoms with van der Waals surface area (Å²) in [4.78, 5) is 8.13. The van der Waals surface area contributed by atoms with Crippen LogP contribution in [0.25, 0.3) is 11.3 Å². The van der Waals surface area contributed by atoms with Gasteiger partial charge in [0.25, 0.3) is 0 Å². The van der Waals surface area contributed by atoms with Crippen molar-refractivity contribution in [2.45, 2.75) is 45.6 Å². The number of aromatic nitrogens is 2. The molecule has 3 nitrogen and oxygen atoms in total. The minimum atomic E-state index is 0.386. The predicted octanol–water partition coefficient (Wildman–Crippen LogP) is 3.90. The second-order valence-electron chi connectivity index (χ2n) is 5.86. The summed E-state index contributed by atoms with van der Waals surface area (Å²) >= 11 is 0. The second-order valence-corrected chi connectivity index (χ2v) is 5.86. The van der Waals surface area contributed by atoms with Crippen LogP contribution >= 0.6 is 0 Å². The monoisotopic (exact) mass is 269 g/mol. The maximum Gasteiger partial charge on any atom is 0.123 e. The number of hydrogen-bond donors (Lipinski definition) is 2. The van der Waals surface area contributed by atoms with Crippen LogP contribution in [0.5, 0.6) is 0 Å². The van der Waals surface area contributed by atoms with Crippen LogP contribution in [0.15, 0.2) is 24.4 Å². The van der Waals surface area contributed by atoms with Crippen molar-refractivity contribution in [2.24, 2.45) is 0 Å². The second kappa shape index (κ2) is 5.80. The average Bonchev–Trinajstić information content (AvgIpc) is 2.77. The van der Waals surface area contributed by atoms with Gasteiger partial charge >= 0.3 is 0 Å². The number of imidazole rings is 1. The van der Waals surface area contributed by atoms with Crippen LogP contribution in [0.4, 0.5) is 0 Å². The molecule has 1 atom stereocenters. The van der Waals surface area contributed by atoms with E-state index in [-0.39, 0.29) is 0 Å². The van der Waals surface area contributed by atoms with E-state index in [0.717, 1.165) is 18.1 Å². The number of aromatic amines is 1. The molecule has 1 aromatic heterocycles. The highest BCUT2D eigenvalue weighted by atomic mass is 15.0. The van der Waals surface area contributed by atoms with Gasteiger partial charge < -0.3 is 10.3 Å². The van der Waals surface area contributed by atoms with Gasteiger partial charge in [0.15, 0.2) is 0 Å². The van der Waals surface area contributed by atoms with Gasteiger partial charge in [0, 0.05) is 5.56 Å². The third kappa shape index (κ3) is 2.78. The van der Waals surface area contributed by atoms with Gasteiger partial charge in [0.2, 0.25) is 0 Å². The topological polar surface area (TPSA) is 40.7 Å². The van der Waals surface area contributed by atoms with E-state index in [1.165, 1.54) is 42.4 Å². The fourth-order valence-electron chi connectivity index (χ4n) is 2.94. The number of nitrogens with one attached hydrogen (secondary N) is 2. The summed E-state index contributed by atoms with van der Waals surface area (Å²) < 4.78 is 0. The van der Waals surface area contributed by atoms with Crippen molar-refractivity contribution in [1.82, 2.24) is 15.3 Å². The van der Waals surface area contributed by atoms with Crippen molar-refractivity contribution >= 4 is 0 Å². The Hall–Kier alpha value is -1.61. The molecule has 0 radical (unpaired) electrons. The lowest BCUT2D eigenvalue weighted by molar-refractivity contribution is 0.512. The number of benzene rings is 1. The Balaban J connectivity index is 1.87. The molecule has 0 amide bonds. The number of nitrogens with zero attached hydrogens (tertiary/aromatic N) is 1. The Morgan fingerprint density at radius 2 is 2.05 bits per heavy atom. The van der Waals surface area contributed by atoms with Gasteiger partial charge in [-0.1, -0.05) is 30.5 Å². The lowest BCUT2D eigenvalue weighted by Crippen LogP contribution is -2.21. The molecule has 0 bridgehead atoms. The van der Waals surface area contributed by atoms with Crippen molar-refractivity contribution in [3.05, 3.63) is 41.3 Å². The summed E-state index contributed by atoms with van der Waals surface area (Å²) in [5, 5.41) is 3.59. The maximum absolute atomic E-state index is 4.61. The molecule has 3 rings (SSSR count). The number of H-pyrrole nitrogens is 1. The van der Waals surface area contributed by atoms with Crippen LogP contribution in [0, 0.1) is 13.8 Å². The van der Waals surface area contributed by atoms with E-state index in [9.17, 15) is 0 Å². The fraction of sp³-hybridized carbons (Fsp3) is 0.471. The summed E-state index contributed by atoms with van der Waals surface area (Å²) in [5.41, 5.74) is 4.97. The van der Waals surface area contributed by atoms with Gasteiger partial charge in [-0.05, 0) is 44.9 Å². The molecule has 0 spiro atoms. The minimum absolute atomic E-state index is 0.386. The molecule has 2 N–H and O–H groups in total. The van der Waals surface area contributed by atoms with E-state index in [1.54, 1.807) is 0 Å². The van der Waals surface area contributed by atoms with Gasteiger partial charge in [0.1, 0.15) is 5.82 Å². The van der Waals surface area contributed by atoms with Gasteiger partial charge in [-0.25, -0.2) is 4.98 Å². The van der Waals surface area contributed by atoms with Gasteiger partial charge in [0.05, 0.1) is 17.9 Å². The normalized spacial score (nSPS) is 19.8. The fourth-order valence-corrected chi connectivity index (χ4v) is 2.94. The largest absolute Gasteiger partial charge is 0.341 e. The zero-order valence-corrected chi connectivity index (χ0v) is 12.4. The van der Waals surface area contributed by atoms with E-state index < -0.39 is 0 Å². The number of hydrogen-bond acceptors (Lipinski definition) is 2. The number of aryl methyl sites for hydroxylation is 2. The molecule has 2 heterocycles. The Bertz CT molecular complexity index is 578. The van der Waals surface area contributed by atoms with Gasteiger partial charge in [-0.2, -0.15) is 0 Å². The highest BCUT2D eigenvalue weighted by molar-refractivity contribution is 5.63. The zero-order valence-electron chi connectivity index (χ0n) is 12.4. The van der Waals surface area contributed by atoms with Gasteiger partial charge in [-0.3, -0.25) is 0 Å². The summed E-state index contributed by atoms with van der Waals surface area (Å²) in [7, 11) is 0. The summed E-state index contributed by atoms with van der Waals surface area (Å²) in [6.45, 7) is 5.39. The van der Waals surface area contributed by atoms with E-state index >= 15 is 0 Å². The molecule has 0 aliphatic carbocycles. The molecule has 20 heavy (non-hydrogen) atoms. The van der Waals surface area contributed by atoms with Crippen LogP contribution in [0.3, 0.4) is 0 Å². The SMILES string of the molecule is Cc1ccc(C)c(-c2cnc(C3CCCCCN3)[nH]2)c1. The molecule has 0 saturated carbocycles. The molecule has 1 saturated heterocycles. The molecule has 3 heteroatoms.